The molecule has 0 saturated carbocycles. The Bertz CT molecular complexity index is 305. The Hall–Kier alpha value is -0.880. The number of rotatable bonds is 6. The lowest BCUT2D eigenvalue weighted by Crippen LogP contribution is -2.34. The summed E-state index contributed by atoms with van der Waals surface area (Å²) in [7, 11) is 0. The first-order valence-corrected chi connectivity index (χ1v) is 5.63. The van der Waals surface area contributed by atoms with E-state index < -0.39 is 5.25 Å². The molecule has 0 bridgehead atoms. The topological polar surface area (TPSA) is 63.7 Å². The van der Waals surface area contributed by atoms with Crippen LogP contribution in [0.25, 0.3) is 0 Å². The minimum Gasteiger partial charge on any atom is -0.379 e. The average molecular weight is 245 g/mol. The highest BCUT2D eigenvalue weighted by Gasteiger charge is 2.35. The normalized spacial score (nSPS) is 20.6. The molecule has 0 aromatic carbocycles. The molecule has 5 nitrogen and oxygen atoms in total. The highest BCUT2D eigenvalue weighted by atomic mass is 32.1. The number of imide groups is 1. The Morgan fingerprint density at radius 3 is 2.69 bits per heavy atom. The highest BCUT2D eigenvalue weighted by molar-refractivity contribution is 7.81. The van der Waals surface area contributed by atoms with E-state index in [9.17, 15) is 14.4 Å². The van der Waals surface area contributed by atoms with Gasteiger partial charge < -0.3 is 4.74 Å². The van der Waals surface area contributed by atoms with E-state index in [1.54, 1.807) is 0 Å². The van der Waals surface area contributed by atoms with Crippen molar-refractivity contribution in [2.75, 3.05) is 19.8 Å². The van der Waals surface area contributed by atoms with Crippen LogP contribution in [0.2, 0.25) is 0 Å². The van der Waals surface area contributed by atoms with Gasteiger partial charge in [0.25, 0.3) is 0 Å². The van der Waals surface area contributed by atoms with Crippen molar-refractivity contribution in [2.45, 2.75) is 25.0 Å². The predicted octanol–water partition coefficient (Wildman–Crippen LogP) is 0.0394. The first-order chi connectivity index (χ1) is 7.52. The standard InChI is InChI=1S/C10H15NO4S/c1-7(12)2-4-15-5-3-11-9(13)6-8(16)10(11)14/h8,16H,2-6H2,1H3. The molecule has 1 atom stereocenters. The van der Waals surface area contributed by atoms with E-state index in [-0.39, 0.29) is 37.2 Å². The number of carbonyl (C=O) groups is 3. The highest BCUT2D eigenvalue weighted by Crippen LogP contribution is 2.17. The van der Waals surface area contributed by atoms with Crippen molar-refractivity contribution in [1.82, 2.24) is 4.90 Å². The quantitative estimate of drug-likeness (QED) is 0.408. The van der Waals surface area contributed by atoms with Gasteiger partial charge in [-0.3, -0.25) is 19.3 Å². The molecule has 1 aliphatic heterocycles. The van der Waals surface area contributed by atoms with Gasteiger partial charge in [0.15, 0.2) is 0 Å². The number of hydrogen-bond acceptors (Lipinski definition) is 5. The smallest absolute Gasteiger partial charge is 0.242 e. The van der Waals surface area contributed by atoms with Gasteiger partial charge in [0.2, 0.25) is 11.8 Å². The van der Waals surface area contributed by atoms with Gasteiger partial charge in [0, 0.05) is 12.8 Å². The number of amides is 2. The van der Waals surface area contributed by atoms with Gasteiger partial charge in [-0.05, 0) is 6.92 Å². The summed E-state index contributed by atoms with van der Waals surface area (Å²) < 4.78 is 5.15. The zero-order valence-electron chi connectivity index (χ0n) is 9.14. The lowest BCUT2D eigenvalue weighted by atomic mass is 10.3. The Labute approximate surface area is 99.5 Å². The van der Waals surface area contributed by atoms with Crippen LogP contribution >= 0.6 is 12.6 Å². The lowest BCUT2D eigenvalue weighted by molar-refractivity contribution is -0.139. The van der Waals surface area contributed by atoms with E-state index in [0.717, 1.165) is 4.90 Å². The average Bonchev–Trinajstić information content (AvgIpc) is 2.43. The predicted molar refractivity (Wildman–Crippen MR) is 60.2 cm³/mol. The second kappa shape index (κ2) is 6.00. The van der Waals surface area contributed by atoms with E-state index >= 15 is 0 Å². The van der Waals surface area contributed by atoms with Crippen molar-refractivity contribution >= 4 is 30.2 Å². The van der Waals surface area contributed by atoms with Crippen molar-refractivity contribution in [1.29, 1.82) is 0 Å². The van der Waals surface area contributed by atoms with Crippen LogP contribution < -0.4 is 0 Å². The molecule has 0 aromatic rings. The SMILES string of the molecule is CC(=O)CCOCCN1C(=O)CC(S)C1=O. The molecule has 0 N–H and O–H groups in total. The summed E-state index contributed by atoms with van der Waals surface area (Å²) >= 11 is 4.00. The van der Waals surface area contributed by atoms with Crippen LogP contribution in [0.4, 0.5) is 0 Å². The van der Waals surface area contributed by atoms with E-state index in [4.69, 9.17) is 4.74 Å². The molecular formula is C10H15NO4S. The van der Waals surface area contributed by atoms with Crippen molar-refractivity contribution in [3.05, 3.63) is 0 Å². The summed E-state index contributed by atoms with van der Waals surface area (Å²) in [6, 6.07) is 0. The number of Topliss-reactive ketones (excluding diaryl/α,β-unsaturated/α-hetero) is 1. The van der Waals surface area contributed by atoms with Gasteiger partial charge in [-0.2, -0.15) is 12.6 Å². The Morgan fingerprint density at radius 2 is 2.19 bits per heavy atom. The summed E-state index contributed by atoms with van der Waals surface area (Å²) in [5.74, 6) is -0.410. The molecule has 0 aromatic heterocycles. The lowest BCUT2D eigenvalue weighted by Gasteiger charge is -2.13. The number of carbonyl (C=O) groups excluding carboxylic acids is 3. The van der Waals surface area contributed by atoms with Crippen molar-refractivity contribution in [2.24, 2.45) is 0 Å². The molecule has 2 amide bonds. The number of thiol groups is 1. The number of hydrogen-bond donors (Lipinski definition) is 1. The van der Waals surface area contributed by atoms with Crippen LogP contribution in [0.3, 0.4) is 0 Å². The molecule has 0 radical (unpaired) electrons. The van der Waals surface area contributed by atoms with Gasteiger partial charge in [-0.15, -0.1) is 0 Å². The minimum absolute atomic E-state index is 0.0590. The Morgan fingerprint density at radius 1 is 1.50 bits per heavy atom. The fourth-order valence-electron chi connectivity index (χ4n) is 1.37. The Kier molecular flexibility index (Phi) is 4.95. The molecule has 6 heteroatoms. The maximum Gasteiger partial charge on any atom is 0.242 e. The van der Waals surface area contributed by atoms with E-state index in [0.29, 0.717) is 13.0 Å². The van der Waals surface area contributed by atoms with Crippen LogP contribution in [0, 0.1) is 0 Å². The maximum absolute atomic E-state index is 11.4. The first-order valence-electron chi connectivity index (χ1n) is 5.12. The number of ketones is 1. The van der Waals surface area contributed by atoms with Gasteiger partial charge in [0.05, 0.1) is 25.0 Å². The largest absolute Gasteiger partial charge is 0.379 e. The summed E-state index contributed by atoms with van der Waals surface area (Å²) in [5.41, 5.74) is 0. The minimum atomic E-state index is -0.510. The van der Waals surface area contributed by atoms with Crippen LogP contribution in [0.5, 0.6) is 0 Å². The van der Waals surface area contributed by atoms with Crippen LogP contribution in [-0.4, -0.2) is 47.5 Å². The summed E-state index contributed by atoms with van der Waals surface area (Å²) in [5, 5.41) is -0.510. The number of likely N-dealkylation sites (tertiary alicyclic amines) is 1. The molecule has 0 aliphatic carbocycles. The molecule has 16 heavy (non-hydrogen) atoms. The van der Waals surface area contributed by atoms with Gasteiger partial charge >= 0.3 is 0 Å². The van der Waals surface area contributed by atoms with Crippen molar-refractivity contribution < 1.29 is 19.1 Å². The Balaban J connectivity index is 2.20. The fraction of sp³-hybridized carbons (Fsp3) is 0.700. The first kappa shape index (κ1) is 13.2. The maximum atomic E-state index is 11.4. The number of ether oxygens (including phenoxy) is 1. The van der Waals surface area contributed by atoms with E-state index in [1.807, 2.05) is 0 Å². The van der Waals surface area contributed by atoms with Crippen LogP contribution in [0.15, 0.2) is 0 Å². The number of nitrogens with zero attached hydrogens (tertiary/aromatic N) is 1. The van der Waals surface area contributed by atoms with Gasteiger partial charge in [0.1, 0.15) is 5.78 Å². The molecule has 1 aliphatic rings. The summed E-state index contributed by atoms with van der Waals surface area (Å²) in [4.78, 5) is 34.5. The zero-order valence-corrected chi connectivity index (χ0v) is 10.0. The summed E-state index contributed by atoms with van der Waals surface area (Å²) in [6.07, 6.45) is 0.520. The molecule has 1 heterocycles. The third-order valence-corrected chi connectivity index (χ3v) is 2.68. The molecule has 90 valence electrons. The fourth-order valence-corrected chi connectivity index (χ4v) is 1.67. The monoisotopic (exact) mass is 245 g/mol. The van der Waals surface area contributed by atoms with Crippen LogP contribution in [0.1, 0.15) is 19.8 Å². The molecule has 1 fully saturated rings. The zero-order chi connectivity index (χ0) is 12.1. The third kappa shape index (κ3) is 3.61. The van der Waals surface area contributed by atoms with Gasteiger partial charge in [-0.25, -0.2) is 0 Å². The van der Waals surface area contributed by atoms with Gasteiger partial charge in [-0.1, -0.05) is 0 Å². The molecule has 0 spiro atoms. The van der Waals surface area contributed by atoms with E-state index in [2.05, 4.69) is 12.6 Å². The van der Waals surface area contributed by atoms with Crippen molar-refractivity contribution in [3.63, 3.8) is 0 Å². The second-order valence-electron chi connectivity index (χ2n) is 3.67. The molecular weight excluding hydrogens is 230 g/mol. The summed E-state index contributed by atoms with van der Waals surface area (Å²) in [6.45, 7) is 2.33. The molecule has 1 unspecified atom stereocenters. The third-order valence-electron chi connectivity index (χ3n) is 2.28. The molecule has 1 rings (SSSR count). The van der Waals surface area contributed by atoms with E-state index in [1.165, 1.54) is 6.92 Å². The van der Waals surface area contributed by atoms with Crippen LogP contribution in [-0.2, 0) is 19.1 Å². The van der Waals surface area contributed by atoms with Crippen molar-refractivity contribution in [3.8, 4) is 0 Å². The second-order valence-corrected chi connectivity index (χ2v) is 4.29. The molecule has 1 saturated heterocycles.